The summed E-state index contributed by atoms with van der Waals surface area (Å²) in [6, 6.07) is 3.73. The fourth-order valence-corrected chi connectivity index (χ4v) is 1.65. The zero-order chi connectivity index (χ0) is 10.7. The van der Waals surface area contributed by atoms with Gasteiger partial charge in [-0.25, -0.2) is 4.79 Å². The Labute approximate surface area is 89.7 Å². The molecule has 78 valence electrons. The van der Waals surface area contributed by atoms with Gasteiger partial charge in [0.15, 0.2) is 0 Å². The van der Waals surface area contributed by atoms with Gasteiger partial charge in [0.05, 0.1) is 11.5 Å². The molecule has 5 nitrogen and oxygen atoms in total. The predicted octanol–water partition coefficient (Wildman–Crippen LogP) is 1.97. The van der Waals surface area contributed by atoms with Crippen LogP contribution in [0.4, 0.5) is 0 Å². The molecule has 0 aliphatic carbocycles. The van der Waals surface area contributed by atoms with Crippen LogP contribution < -0.4 is 0 Å². The number of aromatic nitrogens is 2. The fourth-order valence-electron chi connectivity index (χ4n) is 1.01. The van der Waals surface area contributed by atoms with Crippen LogP contribution in [-0.4, -0.2) is 22.7 Å². The third-order valence-corrected chi connectivity index (χ3v) is 2.48. The molecule has 2 heterocycles. The maximum Gasteiger partial charge on any atom is 0.397 e. The van der Waals surface area contributed by atoms with E-state index in [1.807, 2.05) is 17.5 Å². The van der Waals surface area contributed by atoms with Gasteiger partial charge < -0.3 is 9.26 Å². The molecule has 6 heteroatoms. The fraction of sp³-hybridized carbons (Fsp3) is 0.222. The van der Waals surface area contributed by atoms with E-state index >= 15 is 0 Å². The molecule has 0 saturated carbocycles. The molecule has 0 N–H and O–H groups in total. The number of carbonyl (C=O) groups is 1. The summed E-state index contributed by atoms with van der Waals surface area (Å²) in [6.45, 7) is 2.00. The molecule has 0 atom stereocenters. The lowest BCUT2D eigenvalue weighted by Crippen LogP contribution is -2.04. The molecule has 0 fully saturated rings. The lowest BCUT2D eigenvalue weighted by molar-refractivity contribution is 0.0470. The van der Waals surface area contributed by atoms with Gasteiger partial charge in [0.2, 0.25) is 5.82 Å². The first-order valence-corrected chi connectivity index (χ1v) is 5.24. The quantitative estimate of drug-likeness (QED) is 0.746. The van der Waals surface area contributed by atoms with Crippen molar-refractivity contribution in [3.05, 3.63) is 23.4 Å². The minimum atomic E-state index is -0.590. The van der Waals surface area contributed by atoms with E-state index in [1.165, 1.54) is 11.3 Å². The van der Waals surface area contributed by atoms with Crippen LogP contribution in [0.15, 0.2) is 22.0 Å². The van der Waals surface area contributed by atoms with Crippen molar-refractivity contribution in [1.82, 2.24) is 10.1 Å². The molecule has 2 rings (SSSR count). The van der Waals surface area contributed by atoms with Crippen LogP contribution in [0.5, 0.6) is 0 Å². The van der Waals surface area contributed by atoms with Crippen LogP contribution in [0.25, 0.3) is 10.7 Å². The minimum absolute atomic E-state index is 0.111. The van der Waals surface area contributed by atoms with Gasteiger partial charge in [0.25, 0.3) is 0 Å². The number of thiophene rings is 1. The monoisotopic (exact) mass is 224 g/mol. The second-order valence-electron chi connectivity index (χ2n) is 2.62. The molecule has 2 aromatic heterocycles. The highest BCUT2D eigenvalue weighted by molar-refractivity contribution is 7.13. The molecule has 15 heavy (non-hydrogen) atoms. The Morgan fingerprint density at radius 1 is 1.67 bits per heavy atom. The Balaban J connectivity index is 2.21. The second kappa shape index (κ2) is 4.22. The van der Waals surface area contributed by atoms with Crippen LogP contribution in [0.3, 0.4) is 0 Å². The maximum absolute atomic E-state index is 11.2. The zero-order valence-electron chi connectivity index (χ0n) is 7.97. The Morgan fingerprint density at radius 2 is 2.53 bits per heavy atom. The van der Waals surface area contributed by atoms with Crippen molar-refractivity contribution in [3.63, 3.8) is 0 Å². The summed E-state index contributed by atoms with van der Waals surface area (Å²) in [4.78, 5) is 16.0. The standard InChI is InChI=1S/C9H8N2O3S/c1-2-13-9(12)8-10-7(11-14-8)6-4-3-5-15-6/h3-5H,2H2,1H3. The van der Waals surface area contributed by atoms with Gasteiger partial charge in [-0.1, -0.05) is 11.2 Å². The number of rotatable bonds is 3. The van der Waals surface area contributed by atoms with E-state index in [2.05, 4.69) is 10.1 Å². The molecular weight excluding hydrogens is 216 g/mol. The van der Waals surface area contributed by atoms with E-state index in [0.29, 0.717) is 5.82 Å². The van der Waals surface area contributed by atoms with E-state index < -0.39 is 5.97 Å². The van der Waals surface area contributed by atoms with Gasteiger partial charge in [-0.05, 0) is 18.4 Å². The van der Waals surface area contributed by atoms with Gasteiger partial charge in [-0.15, -0.1) is 11.3 Å². The number of nitrogens with zero attached hydrogens (tertiary/aromatic N) is 2. The zero-order valence-corrected chi connectivity index (χ0v) is 8.78. The van der Waals surface area contributed by atoms with E-state index in [1.54, 1.807) is 6.92 Å². The topological polar surface area (TPSA) is 65.2 Å². The van der Waals surface area contributed by atoms with E-state index in [0.717, 1.165) is 4.88 Å². The highest BCUT2D eigenvalue weighted by Gasteiger charge is 2.17. The Bertz CT molecular complexity index is 450. The summed E-state index contributed by atoms with van der Waals surface area (Å²) < 4.78 is 9.50. The number of hydrogen-bond acceptors (Lipinski definition) is 6. The maximum atomic E-state index is 11.2. The Kier molecular flexibility index (Phi) is 2.77. The molecule has 2 aromatic rings. The molecule has 0 spiro atoms. The molecule has 0 amide bonds. The Morgan fingerprint density at radius 3 is 3.20 bits per heavy atom. The Hall–Kier alpha value is -1.69. The van der Waals surface area contributed by atoms with Crippen molar-refractivity contribution in [2.75, 3.05) is 6.61 Å². The van der Waals surface area contributed by atoms with Crippen LogP contribution in [0.2, 0.25) is 0 Å². The van der Waals surface area contributed by atoms with Crippen LogP contribution in [0.1, 0.15) is 17.6 Å². The van der Waals surface area contributed by atoms with Gasteiger partial charge >= 0.3 is 11.9 Å². The van der Waals surface area contributed by atoms with Crippen molar-refractivity contribution < 1.29 is 14.1 Å². The third-order valence-electron chi connectivity index (χ3n) is 1.62. The number of esters is 1. The van der Waals surface area contributed by atoms with Gasteiger partial charge in [0.1, 0.15) is 0 Å². The summed E-state index contributed by atoms with van der Waals surface area (Å²) in [7, 11) is 0. The summed E-state index contributed by atoms with van der Waals surface area (Å²) in [5.74, 6) is -0.291. The lowest BCUT2D eigenvalue weighted by atomic mass is 10.4. The lowest BCUT2D eigenvalue weighted by Gasteiger charge is -1.93. The number of carbonyl (C=O) groups excluding carboxylic acids is 1. The average Bonchev–Trinajstić information content (AvgIpc) is 2.89. The van der Waals surface area contributed by atoms with Crippen LogP contribution in [0, 0.1) is 0 Å². The molecule has 0 unspecified atom stereocenters. The smallest absolute Gasteiger partial charge is 0.397 e. The van der Waals surface area contributed by atoms with Gasteiger partial charge in [0, 0.05) is 0 Å². The van der Waals surface area contributed by atoms with Gasteiger partial charge in [-0.3, -0.25) is 0 Å². The third kappa shape index (κ3) is 2.04. The molecule has 0 saturated heterocycles. The largest absolute Gasteiger partial charge is 0.459 e. The minimum Gasteiger partial charge on any atom is -0.459 e. The molecule has 0 aromatic carbocycles. The highest BCUT2D eigenvalue weighted by Crippen LogP contribution is 2.21. The highest BCUT2D eigenvalue weighted by atomic mass is 32.1. The predicted molar refractivity (Wildman–Crippen MR) is 53.6 cm³/mol. The van der Waals surface area contributed by atoms with E-state index in [9.17, 15) is 4.79 Å². The van der Waals surface area contributed by atoms with Gasteiger partial charge in [-0.2, -0.15) is 4.98 Å². The average molecular weight is 224 g/mol. The summed E-state index contributed by atoms with van der Waals surface area (Å²) in [5.41, 5.74) is 0. The molecule has 0 aliphatic heterocycles. The van der Waals surface area contributed by atoms with Crippen molar-refractivity contribution in [2.45, 2.75) is 6.92 Å². The normalized spacial score (nSPS) is 10.2. The van der Waals surface area contributed by atoms with Crippen LogP contribution >= 0.6 is 11.3 Å². The van der Waals surface area contributed by atoms with Crippen molar-refractivity contribution in [1.29, 1.82) is 0 Å². The summed E-state index contributed by atoms with van der Waals surface area (Å²) in [5, 5.41) is 5.58. The molecule has 0 aliphatic rings. The summed E-state index contributed by atoms with van der Waals surface area (Å²) >= 11 is 1.48. The van der Waals surface area contributed by atoms with E-state index in [4.69, 9.17) is 9.26 Å². The first-order valence-electron chi connectivity index (χ1n) is 4.36. The first-order chi connectivity index (χ1) is 7.31. The van der Waals surface area contributed by atoms with E-state index in [-0.39, 0.29) is 12.5 Å². The van der Waals surface area contributed by atoms with Crippen LogP contribution in [-0.2, 0) is 4.74 Å². The SMILES string of the molecule is CCOC(=O)c1nc(-c2cccs2)no1. The molecular formula is C9H8N2O3S. The second-order valence-corrected chi connectivity index (χ2v) is 3.57. The number of ether oxygens (including phenoxy) is 1. The number of hydrogen-bond donors (Lipinski definition) is 0. The molecule has 0 radical (unpaired) electrons. The van der Waals surface area contributed by atoms with Crippen molar-refractivity contribution >= 4 is 17.3 Å². The molecule has 0 bridgehead atoms. The van der Waals surface area contributed by atoms with Crippen molar-refractivity contribution in [3.8, 4) is 10.7 Å². The summed E-state index contributed by atoms with van der Waals surface area (Å²) in [6.07, 6.45) is 0. The first kappa shape index (κ1) is 9.85. The van der Waals surface area contributed by atoms with Crippen molar-refractivity contribution in [2.24, 2.45) is 0 Å².